The van der Waals surface area contributed by atoms with E-state index in [0.717, 1.165) is 10.0 Å². The zero-order valence-electron chi connectivity index (χ0n) is 16.8. The lowest BCUT2D eigenvalue weighted by Gasteiger charge is -2.18. The van der Waals surface area contributed by atoms with E-state index >= 15 is 0 Å². The molecule has 0 aliphatic carbocycles. The highest BCUT2D eigenvalue weighted by molar-refractivity contribution is 9.10. The molecule has 0 aromatic heterocycles. The number of hydrogen-bond donors (Lipinski definition) is 0. The smallest absolute Gasteiger partial charge is 0.340 e. The first-order valence-corrected chi connectivity index (χ1v) is 10.1. The van der Waals surface area contributed by atoms with Gasteiger partial charge in [0.25, 0.3) is 5.91 Å². The van der Waals surface area contributed by atoms with E-state index in [-0.39, 0.29) is 23.7 Å². The number of nitrogens with zero attached hydrogens (tertiary/aromatic N) is 1. The average molecular weight is 470 g/mol. The summed E-state index contributed by atoms with van der Waals surface area (Å²) >= 11 is 3.46. The Morgan fingerprint density at radius 3 is 2.33 bits per heavy atom. The van der Waals surface area contributed by atoms with Crippen molar-refractivity contribution in [2.75, 3.05) is 18.6 Å². The number of rotatable bonds is 5. The van der Waals surface area contributed by atoms with Crippen LogP contribution in [0.3, 0.4) is 0 Å². The van der Waals surface area contributed by atoms with Crippen LogP contribution in [0.1, 0.15) is 29.8 Å². The molecule has 2 aromatic rings. The van der Waals surface area contributed by atoms with Gasteiger partial charge in [0, 0.05) is 15.9 Å². The van der Waals surface area contributed by atoms with Crippen molar-refractivity contribution in [1.29, 1.82) is 0 Å². The van der Waals surface area contributed by atoms with Gasteiger partial charge in [-0.05, 0) is 55.8 Å². The van der Waals surface area contributed by atoms with Crippen LogP contribution in [0.2, 0.25) is 0 Å². The summed E-state index contributed by atoms with van der Waals surface area (Å²) in [6.45, 7) is 3.69. The maximum atomic E-state index is 13.3. The number of amides is 1. The second-order valence-electron chi connectivity index (χ2n) is 6.44. The van der Waals surface area contributed by atoms with Gasteiger partial charge in [-0.25, -0.2) is 9.59 Å². The highest BCUT2D eigenvalue weighted by atomic mass is 79.9. The van der Waals surface area contributed by atoms with E-state index < -0.39 is 11.9 Å². The zero-order chi connectivity index (χ0) is 21.8. The Labute approximate surface area is 182 Å². The molecule has 30 heavy (non-hydrogen) atoms. The van der Waals surface area contributed by atoms with Crippen molar-refractivity contribution >= 4 is 45.5 Å². The minimum Gasteiger partial charge on any atom is -0.465 e. The molecule has 0 fully saturated rings. The third-order valence-corrected chi connectivity index (χ3v) is 5.35. The standard InChI is InChI=1S/C23H20BrNO5/c1-4-30-22(27)15-9-11-17(12-10-15)25-14(2)20(23(28)29-3)18(21(25)26)13-16-7-5-6-8-19(16)24/h5-13H,4H2,1-3H3/b18-13-. The number of hydrogen-bond acceptors (Lipinski definition) is 5. The highest BCUT2D eigenvalue weighted by Crippen LogP contribution is 2.36. The number of ether oxygens (including phenoxy) is 2. The Balaban J connectivity index is 2.06. The predicted molar refractivity (Wildman–Crippen MR) is 117 cm³/mol. The molecule has 0 atom stereocenters. The van der Waals surface area contributed by atoms with Crippen LogP contribution in [0.4, 0.5) is 5.69 Å². The number of carbonyl (C=O) groups is 3. The highest BCUT2D eigenvalue weighted by Gasteiger charge is 2.38. The Kier molecular flexibility index (Phi) is 6.52. The Morgan fingerprint density at radius 1 is 1.07 bits per heavy atom. The first-order chi connectivity index (χ1) is 14.4. The maximum absolute atomic E-state index is 13.3. The molecule has 0 saturated heterocycles. The quantitative estimate of drug-likeness (QED) is 0.475. The fraction of sp³-hybridized carbons (Fsp3) is 0.174. The van der Waals surface area contributed by atoms with Crippen molar-refractivity contribution in [2.24, 2.45) is 0 Å². The molecule has 0 saturated carbocycles. The molecule has 0 N–H and O–H groups in total. The number of esters is 2. The van der Waals surface area contributed by atoms with Crippen LogP contribution < -0.4 is 4.90 Å². The molecule has 3 rings (SSSR count). The van der Waals surface area contributed by atoms with Gasteiger partial charge in [0.2, 0.25) is 0 Å². The van der Waals surface area contributed by atoms with Crippen LogP contribution in [0.5, 0.6) is 0 Å². The molecule has 0 radical (unpaired) electrons. The van der Waals surface area contributed by atoms with Gasteiger partial charge in [0.1, 0.15) is 0 Å². The molecule has 0 unspecified atom stereocenters. The molecule has 1 amide bonds. The lowest BCUT2D eigenvalue weighted by Crippen LogP contribution is -2.24. The lowest BCUT2D eigenvalue weighted by molar-refractivity contribution is -0.136. The van der Waals surface area contributed by atoms with Crippen molar-refractivity contribution in [3.63, 3.8) is 0 Å². The summed E-state index contributed by atoms with van der Waals surface area (Å²) in [5.74, 6) is -1.38. The van der Waals surface area contributed by atoms with Gasteiger partial charge in [-0.2, -0.15) is 0 Å². The largest absolute Gasteiger partial charge is 0.465 e. The fourth-order valence-corrected chi connectivity index (χ4v) is 3.60. The predicted octanol–water partition coefficient (Wildman–Crippen LogP) is 4.50. The summed E-state index contributed by atoms with van der Waals surface area (Å²) in [7, 11) is 1.28. The molecule has 1 aliphatic rings. The van der Waals surface area contributed by atoms with Crippen molar-refractivity contribution in [3.8, 4) is 0 Å². The normalized spacial score (nSPS) is 15.0. The van der Waals surface area contributed by atoms with Crippen molar-refractivity contribution < 1.29 is 23.9 Å². The number of anilines is 1. The van der Waals surface area contributed by atoms with Gasteiger partial charge in [0.05, 0.1) is 30.4 Å². The Hall–Kier alpha value is -3.19. The van der Waals surface area contributed by atoms with E-state index in [1.807, 2.05) is 24.3 Å². The summed E-state index contributed by atoms with van der Waals surface area (Å²) in [5, 5.41) is 0. The summed E-state index contributed by atoms with van der Waals surface area (Å²) in [5.41, 5.74) is 2.56. The second kappa shape index (κ2) is 9.09. The molecule has 0 bridgehead atoms. The minimum atomic E-state index is -0.593. The lowest BCUT2D eigenvalue weighted by atomic mass is 10.0. The topological polar surface area (TPSA) is 72.9 Å². The van der Waals surface area contributed by atoms with Crippen LogP contribution in [0, 0.1) is 0 Å². The Morgan fingerprint density at radius 2 is 1.73 bits per heavy atom. The summed E-state index contributed by atoms with van der Waals surface area (Å²) in [4.78, 5) is 39.1. The van der Waals surface area contributed by atoms with E-state index in [4.69, 9.17) is 9.47 Å². The molecular formula is C23H20BrNO5. The maximum Gasteiger partial charge on any atom is 0.340 e. The fourth-order valence-electron chi connectivity index (χ4n) is 3.20. The first-order valence-electron chi connectivity index (χ1n) is 9.26. The van der Waals surface area contributed by atoms with Gasteiger partial charge in [-0.15, -0.1) is 0 Å². The molecule has 2 aromatic carbocycles. The first kappa shape index (κ1) is 21.5. The van der Waals surface area contributed by atoms with Crippen LogP contribution >= 0.6 is 15.9 Å². The van der Waals surface area contributed by atoms with E-state index in [1.165, 1.54) is 12.0 Å². The summed E-state index contributed by atoms with van der Waals surface area (Å²) in [6, 6.07) is 13.9. The van der Waals surface area contributed by atoms with E-state index in [0.29, 0.717) is 16.9 Å². The molecule has 0 spiro atoms. The van der Waals surface area contributed by atoms with Gasteiger partial charge in [-0.1, -0.05) is 34.1 Å². The minimum absolute atomic E-state index is 0.202. The molecule has 154 valence electrons. The van der Waals surface area contributed by atoms with Crippen molar-refractivity contribution in [2.45, 2.75) is 13.8 Å². The molecule has 6 nitrogen and oxygen atoms in total. The third-order valence-electron chi connectivity index (χ3n) is 4.63. The molecule has 7 heteroatoms. The number of allylic oxidation sites excluding steroid dienone is 1. The number of carbonyl (C=O) groups excluding carboxylic acids is 3. The molecule has 1 aliphatic heterocycles. The van der Waals surface area contributed by atoms with Crippen LogP contribution in [0.15, 0.2) is 69.8 Å². The van der Waals surface area contributed by atoms with Crippen LogP contribution in [-0.2, 0) is 19.1 Å². The van der Waals surface area contributed by atoms with Gasteiger partial charge in [0.15, 0.2) is 0 Å². The van der Waals surface area contributed by atoms with Crippen LogP contribution in [-0.4, -0.2) is 31.6 Å². The average Bonchev–Trinajstić information content (AvgIpc) is 2.99. The SMILES string of the molecule is CCOC(=O)c1ccc(N2C(=O)/C(=C\c3ccccc3Br)C(C(=O)OC)=C2C)cc1. The zero-order valence-corrected chi connectivity index (χ0v) is 18.4. The van der Waals surface area contributed by atoms with Gasteiger partial charge >= 0.3 is 11.9 Å². The van der Waals surface area contributed by atoms with E-state index in [1.54, 1.807) is 44.2 Å². The molecular weight excluding hydrogens is 450 g/mol. The molecule has 1 heterocycles. The van der Waals surface area contributed by atoms with Crippen molar-refractivity contribution in [3.05, 3.63) is 81.0 Å². The second-order valence-corrected chi connectivity index (χ2v) is 7.29. The number of benzene rings is 2. The Bertz CT molecular complexity index is 1070. The van der Waals surface area contributed by atoms with E-state index in [2.05, 4.69) is 15.9 Å². The monoisotopic (exact) mass is 469 g/mol. The van der Waals surface area contributed by atoms with E-state index in [9.17, 15) is 14.4 Å². The van der Waals surface area contributed by atoms with Crippen LogP contribution in [0.25, 0.3) is 6.08 Å². The summed E-state index contributed by atoms with van der Waals surface area (Å²) in [6.07, 6.45) is 1.66. The third kappa shape index (κ3) is 4.07. The van der Waals surface area contributed by atoms with Gasteiger partial charge < -0.3 is 9.47 Å². The number of methoxy groups -OCH3 is 1. The summed E-state index contributed by atoms with van der Waals surface area (Å²) < 4.78 is 10.7. The number of halogens is 1. The van der Waals surface area contributed by atoms with Gasteiger partial charge in [-0.3, -0.25) is 9.69 Å². The van der Waals surface area contributed by atoms with Crippen molar-refractivity contribution in [1.82, 2.24) is 0 Å².